The molecule has 0 unspecified atom stereocenters. The minimum Gasteiger partial charge on any atom is -0.494 e. The number of thioether (sulfide) groups is 1. The summed E-state index contributed by atoms with van der Waals surface area (Å²) < 4.78 is 28.4. The van der Waals surface area contributed by atoms with Gasteiger partial charge >= 0.3 is 0 Å². The first-order chi connectivity index (χ1) is 12.9. The van der Waals surface area contributed by atoms with Crippen molar-refractivity contribution >= 4 is 55.7 Å². The summed E-state index contributed by atoms with van der Waals surface area (Å²) in [4.78, 5) is 6.56. The monoisotopic (exact) mass is 422 g/mol. The number of para-hydroxylation sites is 2. The van der Waals surface area contributed by atoms with Crippen LogP contribution < -0.4 is 15.2 Å². The molecule has 3 rings (SSSR count). The van der Waals surface area contributed by atoms with Crippen LogP contribution in [0.4, 0.5) is 11.4 Å². The van der Waals surface area contributed by atoms with E-state index in [-0.39, 0.29) is 4.90 Å². The number of nitrogens with zero attached hydrogens (tertiary/aromatic N) is 2. The van der Waals surface area contributed by atoms with E-state index in [0.29, 0.717) is 28.8 Å². The first kappa shape index (κ1) is 19.6. The summed E-state index contributed by atoms with van der Waals surface area (Å²) in [6, 6.07) is 13.7. The molecule has 0 aliphatic carbocycles. The first-order valence-electron chi connectivity index (χ1n) is 7.94. The zero-order chi connectivity index (χ0) is 19.4. The molecular formula is C17H18N4O3S3. The minimum atomic E-state index is -3.78. The number of nitrogens with one attached hydrogen (secondary N) is 1. The second kappa shape index (κ2) is 8.26. The number of thiocarbonyl (C=S) groups is 1. The van der Waals surface area contributed by atoms with Crippen LogP contribution in [0.15, 0.2) is 58.4 Å². The Hall–Kier alpha value is -2.14. The average Bonchev–Trinajstić information content (AvgIpc) is 3.10. The maximum absolute atomic E-state index is 11.5. The highest BCUT2D eigenvalue weighted by molar-refractivity contribution is 8.14. The van der Waals surface area contributed by atoms with E-state index in [1.165, 1.54) is 12.1 Å². The van der Waals surface area contributed by atoms with Crippen molar-refractivity contribution < 1.29 is 13.2 Å². The van der Waals surface area contributed by atoms with Crippen LogP contribution in [0.5, 0.6) is 5.75 Å². The largest absolute Gasteiger partial charge is 0.494 e. The van der Waals surface area contributed by atoms with Crippen LogP contribution in [0.2, 0.25) is 0 Å². The van der Waals surface area contributed by atoms with Crippen LogP contribution in [-0.2, 0) is 10.0 Å². The Morgan fingerprint density at radius 2 is 2.07 bits per heavy atom. The number of aliphatic imine (C=N–C) groups is 1. The molecule has 0 radical (unpaired) electrons. The zero-order valence-electron chi connectivity index (χ0n) is 14.5. The Labute approximate surface area is 167 Å². The molecular weight excluding hydrogens is 404 g/mol. The van der Waals surface area contributed by atoms with Crippen molar-refractivity contribution in [3.05, 3.63) is 48.5 Å². The Morgan fingerprint density at radius 1 is 1.30 bits per heavy atom. The molecule has 1 aliphatic rings. The van der Waals surface area contributed by atoms with Crippen molar-refractivity contribution in [2.75, 3.05) is 24.7 Å². The number of benzene rings is 2. The number of hydrogen-bond acceptors (Lipinski definition) is 6. The molecule has 142 valence electrons. The van der Waals surface area contributed by atoms with Crippen molar-refractivity contribution in [3.8, 4) is 5.75 Å². The van der Waals surface area contributed by atoms with Crippen LogP contribution in [0.3, 0.4) is 0 Å². The maximum atomic E-state index is 11.5. The summed E-state index contributed by atoms with van der Waals surface area (Å²) >= 11 is 7.08. The summed E-state index contributed by atoms with van der Waals surface area (Å²) in [5.74, 6) is 1.52. The van der Waals surface area contributed by atoms with Gasteiger partial charge in [-0.1, -0.05) is 30.0 Å². The molecule has 1 saturated heterocycles. The lowest BCUT2D eigenvalue weighted by Crippen LogP contribution is -2.35. The molecule has 0 atom stereocenters. The minimum absolute atomic E-state index is 0.0222. The van der Waals surface area contributed by atoms with Gasteiger partial charge in [0.15, 0.2) is 10.3 Å². The normalized spacial score (nSPS) is 15.8. The number of hydrogen-bond donors (Lipinski definition) is 2. The van der Waals surface area contributed by atoms with Crippen LogP contribution in [-0.4, -0.2) is 43.0 Å². The Balaban J connectivity index is 1.81. The predicted molar refractivity (Wildman–Crippen MR) is 113 cm³/mol. The number of primary sulfonamides is 1. The van der Waals surface area contributed by atoms with Crippen LogP contribution in [0.25, 0.3) is 0 Å². The van der Waals surface area contributed by atoms with Crippen LogP contribution in [0, 0.1) is 0 Å². The van der Waals surface area contributed by atoms with Crippen LogP contribution in [0.1, 0.15) is 0 Å². The second-order valence-corrected chi connectivity index (χ2v) is 8.58. The summed E-state index contributed by atoms with van der Waals surface area (Å²) in [6.07, 6.45) is 0. The van der Waals surface area contributed by atoms with Crippen molar-refractivity contribution in [1.82, 2.24) is 4.90 Å². The van der Waals surface area contributed by atoms with Gasteiger partial charge in [0, 0.05) is 18.0 Å². The van der Waals surface area contributed by atoms with Gasteiger partial charge in [-0.15, -0.1) is 0 Å². The molecule has 2 aromatic rings. The van der Waals surface area contributed by atoms with E-state index in [4.69, 9.17) is 22.1 Å². The number of amidine groups is 1. The quantitative estimate of drug-likeness (QED) is 0.731. The molecule has 2 aromatic carbocycles. The number of rotatable bonds is 4. The fourth-order valence-corrected chi connectivity index (χ4v) is 4.32. The number of anilines is 1. The van der Waals surface area contributed by atoms with E-state index in [1.807, 2.05) is 29.2 Å². The number of nitrogens with two attached hydrogens (primary N) is 1. The van der Waals surface area contributed by atoms with Gasteiger partial charge in [-0.25, -0.2) is 18.5 Å². The molecule has 10 heteroatoms. The third-order valence-electron chi connectivity index (χ3n) is 3.74. The van der Waals surface area contributed by atoms with E-state index in [1.54, 1.807) is 31.0 Å². The molecule has 0 spiro atoms. The van der Waals surface area contributed by atoms with Gasteiger partial charge in [0.25, 0.3) is 0 Å². The highest BCUT2D eigenvalue weighted by Crippen LogP contribution is 2.30. The summed E-state index contributed by atoms with van der Waals surface area (Å²) in [7, 11) is -2.18. The highest BCUT2D eigenvalue weighted by atomic mass is 32.2. The lowest BCUT2D eigenvalue weighted by Gasteiger charge is -2.20. The molecule has 0 aromatic heterocycles. The molecule has 0 amide bonds. The highest BCUT2D eigenvalue weighted by Gasteiger charge is 2.24. The van der Waals surface area contributed by atoms with E-state index in [0.717, 1.165) is 10.9 Å². The van der Waals surface area contributed by atoms with Crippen molar-refractivity contribution in [2.45, 2.75) is 4.90 Å². The number of methoxy groups -OCH3 is 1. The molecule has 27 heavy (non-hydrogen) atoms. The predicted octanol–water partition coefficient (Wildman–Crippen LogP) is 2.78. The number of sulfonamides is 1. The Morgan fingerprint density at radius 3 is 2.81 bits per heavy atom. The van der Waals surface area contributed by atoms with Gasteiger partial charge in [-0.2, -0.15) is 0 Å². The van der Waals surface area contributed by atoms with Gasteiger partial charge in [-0.3, -0.25) is 4.90 Å². The van der Waals surface area contributed by atoms with Gasteiger partial charge in [0.1, 0.15) is 11.4 Å². The third-order valence-corrected chi connectivity index (χ3v) is 5.93. The Bertz CT molecular complexity index is 992. The zero-order valence-corrected chi connectivity index (χ0v) is 16.9. The lowest BCUT2D eigenvalue weighted by atomic mass is 10.3. The molecule has 1 heterocycles. The summed E-state index contributed by atoms with van der Waals surface area (Å²) in [5, 5.41) is 9.41. The second-order valence-electron chi connectivity index (χ2n) is 5.57. The molecule has 3 N–H and O–H groups in total. The van der Waals surface area contributed by atoms with E-state index < -0.39 is 10.0 Å². The number of ether oxygens (including phenoxy) is 1. The first-order valence-corrected chi connectivity index (χ1v) is 10.9. The SMILES string of the molecule is COc1ccccc1N=C1SCCN1C(=S)Nc1cccc(S(N)(=O)=O)c1. The summed E-state index contributed by atoms with van der Waals surface area (Å²) in [5.41, 5.74) is 1.26. The van der Waals surface area contributed by atoms with Gasteiger partial charge < -0.3 is 10.1 Å². The van der Waals surface area contributed by atoms with Crippen molar-refractivity contribution in [2.24, 2.45) is 10.1 Å². The fourth-order valence-electron chi connectivity index (χ4n) is 2.45. The molecule has 0 saturated carbocycles. The van der Waals surface area contributed by atoms with Crippen molar-refractivity contribution in [1.29, 1.82) is 0 Å². The topological polar surface area (TPSA) is 97.0 Å². The van der Waals surface area contributed by atoms with E-state index >= 15 is 0 Å². The standard InChI is InChI=1S/C17H18N4O3S3/c1-24-15-8-3-2-7-14(15)20-17-21(9-10-26-17)16(25)19-12-5-4-6-13(11-12)27(18,22)23/h2-8,11H,9-10H2,1H3,(H,19,25)(H2,18,22,23). The van der Waals surface area contributed by atoms with Gasteiger partial charge in [0.2, 0.25) is 10.0 Å². The smallest absolute Gasteiger partial charge is 0.238 e. The Kier molecular flexibility index (Phi) is 6.00. The van der Waals surface area contributed by atoms with Gasteiger partial charge in [-0.05, 0) is 42.5 Å². The maximum Gasteiger partial charge on any atom is 0.238 e. The summed E-state index contributed by atoms with van der Waals surface area (Å²) in [6.45, 7) is 0.694. The molecule has 0 bridgehead atoms. The molecule has 7 nitrogen and oxygen atoms in total. The van der Waals surface area contributed by atoms with E-state index in [9.17, 15) is 8.42 Å². The van der Waals surface area contributed by atoms with Crippen molar-refractivity contribution in [3.63, 3.8) is 0 Å². The third kappa shape index (κ3) is 4.78. The van der Waals surface area contributed by atoms with Gasteiger partial charge in [0.05, 0.1) is 12.0 Å². The fraction of sp³-hybridized carbons (Fsp3) is 0.176. The molecule has 1 aliphatic heterocycles. The lowest BCUT2D eigenvalue weighted by molar-refractivity contribution is 0.416. The van der Waals surface area contributed by atoms with Crippen LogP contribution >= 0.6 is 24.0 Å². The average molecular weight is 423 g/mol. The van der Waals surface area contributed by atoms with E-state index in [2.05, 4.69) is 10.3 Å². The molecule has 1 fully saturated rings.